The molecule has 2 aromatic carbocycles. The number of likely N-dealkylation sites (N-methyl/N-ethyl adjacent to an activating group) is 1. The van der Waals surface area contributed by atoms with Gasteiger partial charge in [-0.3, -0.25) is 9.69 Å². The summed E-state index contributed by atoms with van der Waals surface area (Å²) in [6.45, 7) is 0.849. The van der Waals surface area contributed by atoms with Crippen LogP contribution in [0.1, 0.15) is 23.6 Å². The van der Waals surface area contributed by atoms with Crippen LogP contribution in [0, 0.1) is 0 Å². The van der Waals surface area contributed by atoms with Crippen LogP contribution >= 0.6 is 0 Å². The van der Waals surface area contributed by atoms with E-state index in [1.54, 1.807) is 30.1 Å². The Morgan fingerprint density at radius 1 is 1.14 bits per heavy atom. The van der Waals surface area contributed by atoms with E-state index in [0.29, 0.717) is 31.0 Å². The molecule has 2 aromatic rings. The number of fused-ring (bicyclic) bond motifs is 1. The quantitative estimate of drug-likeness (QED) is 0.447. The van der Waals surface area contributed by atoms with E-state index in [4.69, 9.17) is 14.6 Å². The second-order valence-electron chi connectivity index (χ2n) is 8.28. The molecule has 0 aromatic heterocycles. The van der Waals surface area contributed by atoms with Crippen LogP contribution < -0.4 is 14.2 Å². The summed E-state index contributed by atoms with van der Waals surface area (Å²) in [6, 6.07) is 7.58. The number of carbonyl (C=O) groups is 1. The van der Waals surface area contributed by atoms with E-state index in [1.165, 1.54) is 6.07 Å². The molecule has 0 amide bonds. The molecule has 36 heavy (non-hydrogen) atoms. The molecule has 0 saturated heterocycles. The molecule has 1 heterocycles. The maximum atomic E-state index is 13.4. The van der Waals surface area contributed by atoms with Crippen molar-refractivity contribution in [3.05, 3.63) is 58.7 Å². The zero-order chi connectivity index (χ0) is 26.7. The lowest BCUT2D eigenvalue weighted by molar-refractivity contribution is -0.191. The molecular weight excluding hydrogens is 496 g/mol. The second kappa shape index (κ2) is 10.7. The summed E-state index contributed by atoms with van der Waals surface area (Å²) in [5.74, 6) is -1.07. The number of hydrogen-bond acceptors (Lipinski definition) is 5. The molecule has 3 rings (SSSR count). The molecule has 1 aliphatic rings. The number of alkyl halides is 6. The standard InChI is InChI=1S/C24H23F6NO5/c1-14(23(25,26)27)36-20-6-3-15(8-19(20)24(28,29)30)12-34-18-5-4-17-7-16(13-35-21(17)9-18)10-31(2)11-22(32)33/h3-9,14H,10-13H2,1-2H3,(H,32,33)/t14-/m0/s1. The number of ether oxygens (including phenoxy) is 3. The molecule has 0 radical (unpaired) electrons. The highest BCUT2D eigenvalue weighted by Crippen LogP contribution is 2.39. The number of carboxylic acid groups (broad SMARTS) is 1. The van der Waals surface area contributed by atoms with Crippen molar-refractivity contribution in [2.45, 2.75) is 32.0 Å². The van der Waals surface area contributed by atoms with Gasteiger partial charge in [0, 0.05) is 18.2 Å². The summed E-state index contributed by atoms with van der Waals surface area (Å²) in [7, 11) is 1.67. The van der Waals surface area contributed by atoms with Crippen LogP contribution in [-0.4, -0.2) is 55.0 Å². The molecule has 0 bridgehead atoms. The summed E-state index contributed by atoms with van der Waals surface area (Å²) >= 11 is 0. The molecule has 0 saturated carbocycles. The highest BCUT2D eigenvalue weighted by Gasteiger charge is 2.41. The van der Waals surface area contributed by atoms with Gasteiger partial charge in [0.25, 0.3) is 0 Å². The third-order valence-electron chi connectivity index (χ3n) is 5.16. The molecule has 0 aliphatic carbocycles. The monoisotopic (exact) mass is 519 g/mol. The Morgan fingerprint density at radius 2 is 1.86 bits per heavy atom. The van der Waals surface area contributed by atoms with Crippen LogP contribution in [0.4, 0.5) is 26.3 Å². The number of halogens is 6. The summed E-state index contributed by atoms with van der Waals surface area (Å²) in [5, 5.41) is 8.86. The van der Waals surface area contributed by atoms with E-state index in [-0.39, 0.29) is 25.3 Å². The second-order valence-corrected chi connectivity index (χ2v) is 8.28. The minimum atomic E-state index is -4.93. The van der Waals surface area contributed by atoms with Gasteiger partial charge < -0.3 is 19.3 Å². The number of rotatable bonds is 9. The van der Waals surface area contributed by atoms with Crippen molar-refractivity contribution in [1.29, 1.82) is 0 Å². The van der Waals surface area contributed by atoms with Crippen molar-refractivity contribution in [1.82, 2.24) is 4.90 Å². The Balaban J connectivity index is 1.70. The van der Waals surface area contributed by atoms with Crippen molar-refractivity contribution in [2.75, 3.05) is 26.7 Å². The Morgan fingerprint density at radius 3 is 2.50 bits per heavy atom. The molecule has 196 valence electrons. The largest absolute Gasteiger partial charge is 0.489 e. The van der Waals surface area contributed by atoms with Crippen molar-refractivity contribution in [2.24, 2.45) is 0 Å². The van der Waals surface area contributed by atoms with Gasteiger partial charge in [-0.25, -0.2) is 0 Å². The average Bonchev–Trinajstić information content (AvgIpc) is 2.76. The molecule has 6 nitrogen and oxygen atoms in total. The fraction of sp³-hybridized carbons (Fsp3) is 0.375. The fourth-order valence-corrected chi connectivity index (χ4v) is 3.42. The van der Waals surface area contributed by atoms with E-state index in [9.17, 15) is 31.1 Å². The average molecular weight is 519 g/mol. The molecule has 1 atom stereocenters. The van der Waals surface area contributed by atoms with Gasteiger partial charge in [0.15, 0.2) is 6.10 Å². The normalized spacial score (nSPS) is 14.5. The zero-order valence-corrected chi connectivity index (χ0v) is 19.2. The van der Waals surface area contributed by atoms with Crippen molar-refractivity contribution in [3.8, 4) is 17.2 Å². The number of hydrogen-bond donors (Lipinski definition) is 1. The van der Waals surface area contributed by atoms with E-state index in [2.05, 4.69) is 4.74 Å². The smallest absolute Gasteiger partial charge is 0.425 e. The predicted molar refractivity (Wildman–Crippen MR) is 117 cm³/mol. The maximum absolute atomic E-state index is 13.4. The van der Waals surface area contributed by atoms with Gasteiger partial charge in [0.2, 0.25) is 0 Å². The number of aliphatic carboxylic acids is 1. The Labute approximate surface area is 202 Å². The van der Waals surface area contributed by atoms with Crippen molar-refractivity contribution >= 4 is 12.0 Å². The molecule has 0 unspecified atom stereocenters. The number of benzene rings is 2. The first-order chi connectivity index (χ1) is 16.7. The van der Waals surface area contributed by atoms with Crippen LogP contribution in [0.3, 0.4) is 0 Å². The first kappa shape index (κ1) is 27.2. The van der Waals surface area contributed by atoms with Gasteiger partial charge in [-0.2, -0.15) is 26.3 Å². The molecule has 1 N–H and O–H groups in total. The SMILES string of the molecule is C[C@H](Oc1ccc(COc2ccc3c(c2)OCC(CN(C)CC(=O)O)=C3)cc1C(F)(F)F)C(F)(F)F. The summed E-state index contributed by atoms with van der Waals surface area (Å²) < 4.78 is 94.3. The first-order valence-electron chi connectivity index (χ1n) is 10.7. The van der Waals surface area contributed by atoms with E-state index in [1.807, 2.05) is 6.08 Å². The van der Waals surface area contributed by atoms with Crippen LogP contribution in [-0.2, 0) is 17.6 Å². The Kier molecular flexibility index (Phi) is 8.07. The van der Waals surface area contributed by atoms with Gasteiger partial charge in [-0.1, -0.05) is 6.07 Å². The Bertz CT molecular complexity index is 1130. The lowest BCUT2D eigenvalue weighted by atomic mass is 10.1. The van der Waals surface area contributed by atoms with Crippen LogP contribution in [0.2, 0.25) is 0 Å². The van der Waals surface area contributed by atoms with Crippen LogP contribution in [0.15, 0.2) is 42.0 Å². The third-order valence-corrected chi connectivity index (χ3v) is 5.16. The van der Waals surface area contributed by atoms with Gasteiger partial charge in [-0.15, -0.1) is 0 Å². The van der Waals surface area contributed by atoms with Crippen LogP contribution in [0.25, 0.3) is 6.08 Å². The molecule has 12 heteroatoms. The minimum Gasteiger partial charge on any atom is -0.489 e. The predicted octanol–water partition coefficient (Wildman–Crippen LogP) is 5.41. The van der Waals surface area contributed by atoms with E-state index in [0.717, 1.165) is 17.2 Å². The fourth-order valence-electron chi connectivity index (χ4n) is 3.42. The van der Waals surface area contributed by atoms with Crippen LogP contribution in [0.5, 0.6) is 17.2 Å². The Hall–Kier alpha value is -3.41. The molecule has 1 aliphatic heterocycles. The third kappa shape index (κ3) is 7.30. The summed E-state index contributed by atoms with van der Waals surface area (Å²) in [4.78, 5) is 12.4. The van der Waals surface area contributed by atoms with Crippen molar-refractivity contribution < 1.29 is 50.5 Å². The lowest BCUT2D eigenvalue weighted by Gasteiger charge is -2.22. The van der Waals surface area contributed by atoms with Gasteiger partial charge >= 0.3 is 18.3 Å². The molecule has 0 fully saturated rings. The molecule has 0 spiro atoms. The van der Waals surface area contributed by atoms with Gasteiger partial charge in [-0.05, 0) is 55.4 Å². The zero-order valence-electron chi connectivity index (χ0n) is 19.2. The first-order valence-corrected chi connectivity index (χ1v) is 10.7. The van der Waals surface area contributed by atoms with E-state index >= 15 is 0 Å². The molecular formula is C24H23F6NO5. The van der Waals surface area contributed by atoms with Gasteiger partial charge in [0.1, 0.15) is 30.5 Å². The lowest BCUT2D eigenvalue weighted by Crippen LogP contribution is -2.31. The summed E-state index contributed by atoms with van der Waals surface area (Å²) in [6.07, 6.45) is -10.3. The number of carboxylic acids is 1. The van der Waals surface area contributed by atoms with Crippen molar-refractivity contribution in [3.63, 3.8) is 0 Å². The topological polar surface area (TPSA) is 68.2 Å². The maximum Gasteiger partial charge on any atom is 0.425 e. The highest BCUT2D eigenvalue weighted by atomic mass is 19.4. The van der Waals surface area contributed by atoms with Gasteiger partial charge in [0.05, 0.1) is 12.1 Å². The highest BCUT2D eigenvalue weighted by molar-refractivity contribution is 5.69. The van der Waals surface area contributed by atoms with E-state index < -0.39 is 35.7 Å². The minimum absolute atomic E-state index is 0.0802. The summed E-state index contributed by atoms with van der Waals surface area (Å²) in [5.41, 5.74) is 0.337. The number of nitrogens with zero attached hydrogens (tertiary/aromatic N) is 1.